The number of benzene rings is 6. The van der Waals surface area contributed by atoms with Gasteiger partial charge in [-0.25, -0.2) is 0 Å². The van der Waals surface area contributed by atoms with E-state index in [2.05, 4.69) is 160 Å². The third kappa shape index (κ3) is 4.88. The summed E-state index contributed by atoms with van der Waals surface area (Å²) in [7, 11) is 0. The molecule has 0 aliphatic rings. The van der Waals surface area contributed by atoms with Crippen molar-refractivity contribution < 1.29 is 0 Å². The predicted octanol–water partition coefficient (Wildman–Crippen LogP) is 11.9. The fraction of sp³-hybridized carbons (Fsp3) is 0.174. The average molecular weight is 647 g/mol. The third-order valence-corrected chi connectivity index (χ3v) is 10.1. The summed E-state index contributed by atoms with van der Waals surface area (Å²) in [5, 5.41) is 24.5. The molecule has 0 aliphatic carbocycles. The Kier molecular flexibility index (Phi) is 7.00. The second kappa shape index (κ2) is 11.2. The summed E-state index contributed by atoms with van der Waals surface area (Å²) < 4.78 is 4.75. The second-order valence-electron chi connectivity index (χ2n) is 15.4. The van der Waals surface area contributed by atoms with Gasteiger partial charge in [0.15, 0.2) is 0 Å². The molecule has 0 saturated heterocycles. The molecular weight excluding hydrogens is 609 g/mol. The molecule has 2 heterocycles. The molecule has 0 amide bonds. The van der Waals surface area contributed by atoms with Crippen LogP contribution in [-0.4, -0.2) is 9.13 Å². The first-order valence-electron chi connectivity index (χ1n) is 17.1. The summed E-state index contributed by atoms with van der Waals surface area (Å²) in [6, 6.07) is 47.5. The van der Waals surface area contributed by atoms with Gasteiger partial charge < -0.3 is 9.13 Å². The lowest BCUT2D eigenvalue weighted by Gasteiger charge is -2.20. The molecular formula is C46H38N4. The molecule has 0 fully saturated rings. The van der Waals surface area contributed by atoms with Gasteiger partial charge in [0.1, 0.15) is 12.1 Å². The van der Waals surface area contributed by atoms with Crippen LogP contribution in [0.3, 0.4) is 0 Å². The first-order valence-corrected chi connectivity index (χ1v) is 17.1. The molecule has 0 bridgehead atoms. The summed E-state index contributed by atoms with van der Waals surface area (Å²) >= 11 is 0. The minimum Gasteiger partial charge on any atom is -0.309 e. The first kappa shape index (κ1) is 31.2. The zero-order valence-corrected chi connectivity index (χ0v) is 29.3. The zero-order chi connectivity index (χ0) is 34.9. The number of nitrogens with zero attached hydrogens (tertiary/aromatic N) is 4. The van der Waals surface area contributed by atoms with E-state index in [1.807, 2.05) is 18.2 Å². The van der Waals surface area contributed by atoms with E-state index in [0.717, 1.165) is 55.3 Å². The highest BCUT2D eigenvalue weighted by atomic mass is 15.0. The van der Waals surface area contributed by atoms with Crippen LogP contribution in [0.15, 0.2) is 121 Å². The standard InChI is InChI=1S/C46H38N4/c1-45(2,3)32-18-20-41-37(23-32)38-24-33(46(4,5)6)19-21-42(38)50(41)43-26-44-39(25-36(43)29-16-17-30(27-47)31(22-29)28-48)35-14-10-11-15-40(35)49(44)34-12-8-7-9-13-34/h7-26H,1-6H3. The molecule has 0 spiro atoms. The molecule has 4 heteroatoms. The van der Waals surface area contributed by atoms with E-state index in [1.54, 1.807) is 6.07 Å². The molecule has 0 aliphatic heterocycles. The maximum absolute atomic E-state index is 10.1. The highest BCUT2D eigenvalue weighted by Gasteiger charge is 2.24. The fourth-order valence-electron chi connectivity index (χ4n) is 7.39. The lowest BCUT2D eigenvalue weighted by molar-refractivity contribution is 0.590. The Morgan fingerprint density at radius 2 is 1.02 bits per heavy atom. The molecule has 4 nitrogen and oxygen atoms in total. The van der Waals surface area contributed by atoms with Crippen LogP contribution < -0.4 is 0 Å². The molecule has 0 radical (unpaired) electrons. The van der Waals surface area contributed by atoms with Crippen molar-refractivity contribution in [1.82, 2.24) is 9.13 Å². The average Bonchev–Trinajstić information content (AvgIpc) is 3.62. The van der Waals surface area contributed by atoms with Crippen molar-refractivity contribution in [3.8, 4) is 34.6 Å². The van der Waals surface area contributed by atoms with Crippen molar-refractivity contribution in [2.75, 3.05) is 0 Å². The SMILES string of the molecule is CC(C)(C)c1ccc2c(c1)c1cc(C(C)(C)C)ccc1n2-c1cc2c(cc1-c1ccc(C#N)c(C#N)c1)c1ccccc1n2-c1ccccc1. The van der Waals surface area contributed by atoms with Crippen molar-refractivity contribution in [3.05, 3.63) is 144 Å². The highest BCUT2D eigenvalue weighted by Crippen LogP contribution is 2.43. The van der Waals surface area contributed by atoms with Crippen LogP contribution in [0, 0.1) is 22.7 Å². The van der Waals surface area contributed by atoms with Gasteiger partial charge in [-0.05, 0) is 94.3 Å². The molecule has 8 rings (SSSR count). The van der Waals surface area contributed by atoms with Crippen LogP contribution in [-0.2, 0) is 10.8 Å². The number of fused-ring (bicyclic) bond motifs is 6. The summed E-state index contributed by atoms with van der Waals surface area (Å²) in [5.41, 5.74) is 11.7. The number of hydrogen-bond donors (Lipinski definition) is 0. The van der Waals surface area contributed by atoms with Gasteiger partial charge in [0.25, 0.3) is 0 Å². The van der Waals surface area contributed by atoms with Crippen LogP contribution in [0.4, 0.5) is 0 Å². The largest absolute Gasteiger partial charge is 0.309 e. The number of aromatic nitrogens is 2. The van der Waals surface area contributed by atoms with Gasteiger partial charge in [0, 0.05) is 32.8 Å². The van der Waals surface area contributed by atoms with E-state index >= 15 is 0 Å². The number of rotatable bonds is 3. The van der Waals surface area contributed by atoms with Gasteiger partial charge >= 0.3 is 0 Å². The van der Waals surface area contributed by atoms with E-state index in [4.69, 9.17) is 0 Å². The molecule has 0 atom stereocenters. The second-order valence-corrected chi connectivity index (χ2v) is 15.4. The van der Waals surface area contributed by atoms with E-state index < -0.39 is 0 Å². The number of para-hydroxylation sites is 2. The lowest BCUT2D eigenvalue weighted by Crippen LogP contribution is -2.10. The van der Waals surface area contributed by atoms with Gasteiger partial charge in [0.2, 0.25) is 0 Å². The zero-order valence-electron chi connectivity index (χ0n) is 29.3. The highest BCUT2D eigenvalue weighted by molar-refractivity contribution is 6.14. The molecule has 6 aromatic carbocycles. The van der Waals surface area contributed by atoms with E-state index in [0.29, 0.717) is 11.1 Å². The van der Waals surface area contributed by atoms with Crippen molar-refractivity contribution >= 4 is 43.6 Å². The van der Waals surface area contributed by atoms with Gasteiger partial charge in [0.05, 0.1) is 38.9 Å². The summed E-state index contributed by atoms with van der Waals surface area (Å²) in [6.07, 6.45) is 0. The number of hydrogen-bond acceptors (Lipinski definition) is 2. The summed E-state index contributed by atoms with van der Waals surface area (Å²) in [4.78, 5) is 0. The molecule has 0 saturated carbocycles. The molecule has 0 unspecified atom stereocenters. The maximum atomic E-state index is 10.1. The van der Waals surface area contributed by atoms with Crippen LogP contribution in [0.1, 0.15) is 63.8 Å². The maximum Gasteiger partial charge on any atom is 0.101 e. The Balaban J connectivity index is 1.57. The van der Waals surface area contributed by atoms with E-state index in [-0.39, 0.29) is 10.8 Å². The Hall–Kier alpha value is -6.10. The molecule has 0 N–H and O–H groups in total. The van der Waals surface area contributed by atoms with Crippen LogP contribution >= 0.6 is 0 Å². The normalized spacial score (nSPS) is 12.2. The summed E-state index contributed by atoms with van der Waals surface area (Å²) in [5.74, 6) is 0. The molecule has 242 valence electrons. The van der Waals surface area contributed by atoms with Gasteiger partial charge in [-0.3, -0.25) is 0 Å². The van der Waals surface area contributed by atoms with E-state index in [1.165, 1.54) is 21.9 Å². The third-order valence-electron chi connectivity index (χ3n) is 10.1. The van der Waals surface area contributed by atoms with Crippen molar-refractivity contribution in [1.29, 1.82) is 10.5 Å². The van der Waals surface area contributed by atoms with Crippen molar-refractivity contribution in [2.24, 2.45) is 0 Å². The van der Waals surface area contributed by atoms with Gasteiger partial charge in [-0.2, -0.15) is 10.5 Å². The predicted molar refractivity (Wildman–Crippen MR) is 207 cm³/mol. The van der Waals surface area contributed by atoms with Gasteiger partial charge in [-0.15, -0.1) is 0 Å². The van der Waals surface area contributed by atoms with Crippen molar-refractivity contribution in [3.63, 3.8) is 0 Å². The fourth-order valence-corrected chi connectivity index (χ4v) is 7.39. The van der Waals surface area contributed by atoms with Crippen molar-refractivity contribution in [2.45, 2.75) is 52.4 Å². The molecule has 50 heavy (non-hydrogen) atoms. The lowest BCUT2D eigenvalue weighted by atomic mass is 9.85. The Bertz CT molecular complexity index is 2660. The van der Waals surface area contributed by atoms with Gasteiger partial charge in [-0.1, -0.05) is 96.1 Å². The number of nitriles is 2. The Morgan fingerprint density at radius 1 is 0.460 bits per heavy atom. The van der Waals surface area contributed by atoms with Crippen LogP contribution in [0.25, 0.3) is 66.1 Å². The van der Waals surface area contributed by atoms with E-state index in [9.17, 15) is 10.5 Å². The Labute approximate surface area is 293 Å². The molecule has 2 aromatic heterocycles. The minimum atomic E-state index is -0.0128. The first-order chi connectivity index (χ1) is 24.0. The quantitative estimate of drug-likeness (QED) is 0.192. The topological polar surface area (TPSA) is 57.4 Å². The minimum absolute atomic E-state index is 0.0128. The summed E-state index contributed by atoms with van der Waals surface area (Å²) in [6.45, 7) is 13.6. The Morgan fingerprint density at radius 3 is 1.62 bits per heavy atom. The van der Waals surface area contributed by atoms with Crippen LogP contribution in [0.2, 0.25) is 0 Å². The smallest absolute Gasteiger partial charge is 0.101 e. The van der Waals surface area contributed by atoms with Crippen LogP contribution in [0.5, 0.6) is 0 Å². The monoisotopic (exact) mass is 646 g/mol. The molecule has 8 aromatic rings.